The Hall–Kier alpha value is -3.61. The number of alkyl halides is 3. The number of hydrogen-bond acceptors (Lipinski definition) is 4. The summed E-state index contributed by atoms with van der Waals surface area (Å²) in [6.45, 7) is 9.81. The van der Waals surface area contributed by atoms with Crippen LogP contribution in [-0.4, -0.2) is 17.0 Å². The van der Waals surface area contributed by atoms with Crippen molar-refractivity contribution in [2.24, 2.45) is 0 Å². The van der Waals surface area contributed by atoms with Gasteiger partial charge in [-0.3, -0.25) is 4.98 Å². The fourth-order valence-electron chi connectivity index (χ4n) is 3.23. The van der Waals surface area contributed by atoms with E-state index in [2.05, 4.69) is 33.8 Å². The molecule has 0 saturated heterocycles. The van der Waals surface area contributed by atoms with E-state index in [0.717, 1.165) is 11.8 Å². The molecule has 0 spiro atoms. The topological polar surface area (TPSA) is 49.8 Å². The highest BCUT2D eigenvalue weighted by molar-refractivity contribution is 5.91. The van der Waals surface area contributed by atoms with Crippen LogP contribution in [0.4, 0.5) is 13.2 Å². The number of nitrogens with zero attached hydrogens (tertiary/aromatic N) is 2. The molecule has 0 atom stereocenters. The minimum Gasteiger partial charge on any atom is -0.393 e. The molecule has 31 heavy (non-hydrogen) atoms. The van der Waals surface area contributed by atoms with Crippen molar-refractivity contribution in [3.8, 4) is 0 Å². The number of nitrogens with one attached hydrogen (secondary N) is 2. The van der Waals surface area contributed by atoms with Crippen molar-refractivity contribution in [2.75, 3.05) is 7.05 Å². The van der Waals surface area contributed by atoms with Crippen LogP contribution in [0, 0.1) is 6.92 Å². The van der Waals surface area contributed by atoms with Gasteiger partial charge in [0.05, 0.1) is 34.7 Å². The summed E-state index contributed by atoms with van der Waals surface area (Å²) in [5.41, 5.74) is 2.29. The van der Waals surface area contributed by atoms with Gasteiger partial charge in [-0.15, -0.1) is 0 Å². The van der Waals surface area contributed by atoms with Gasteiger partial charge in [0.1, 0.15) is 0 Å². The molecule has 0 aliphatic carbocycles. The molecule has 0 fully saturated rings. The fraction of sp³-hybridized carbons (Fsp3) is 0.167. The average molecular weight is 424 g/mol. The third kappa shape index (κ3) is 4.94. The molecule has 3 rings (SSSR count). The highest BCUT2D eigenvalue weighted by atomic mass is 19.4. The number of fused-ring (bicyclic) bond motifs is 1. The molecule has 4 nitrogen and oxygen atoms in total. The van der Waals surface area contributed by atoms with Gasteiger partial charge in [0.25, 0.3) is 0 Å². The highest BCUT2D eigenvalue weighted by Crippen LogP contribution is 2.38. The number of rotatable bonds is 7. The Bertz CT molecular complexity index is 1150. The maximum atomic E-state index is 13.9. The second-order valence-corrected chi connectivity index (χ2v) is 6.99. The summed E-state index contributed by atoms with van der Waals surface area (Å²) in [6, 6.07) is 10.1. The van der Waals surface area contributed by atoms with E-state index in [9.17, 15) is 13.2 Å². The van der Waals surface area contributed by atoms with Crippen molar-refractivity contribution in [3.63, 3.8) is 0 Å². The van der Waals surface area contributed by atoms with E-state index in [-0.39, 0.29) is 5.52 Å². The lowest BCUT2D eigenvalue weighted by molar-refractivity contribution is -0.136. The third-order valence-electron chi connectivity index (χ3n) is 4.80. The number of aryl methyl sites for hydroxylation is 1. The van der Waals surface area contributed by atoms with Crippen LogP contribution in [0.25, 0.3) is 22.2 Å². The minimum atomic E-state index is -4.57. The monoisotopic (exact) mass is 424 g/mol. The Morgan fingerprint density at radius 2 is 1.97 bits per heavy atom. The number of pyridine rings is 2. The molecule has 0 radical (unpaired) electrons. The first-order chi connectivity index (χ1) is 14.7. The first kappa shape index (κ1) is 22.1. The molecule has 0 aliphatic rings. The Morgan fingerprint density at radius 3 is 2.58 bits per heavy atom. The van der Waals surface area contributed by atoms with Gasteiger partial charge >= 0.3 is 6.18 Å². The van der Waals surface area contributed by atoms with Gasteiger partial charge in [0.15, 0.2) is 0 Å². The lowest BCUT2D eigenvalue weighted by atomic mass is 9.96. The number of hydrogen-bond donors (Lipinski definition) is 2. The van der Waals surface area contributed by atoms with Crippen molar-refractivity contribution in [2.45, 2.75) is 19.6 Å². The lowest BCUT2D eigenvalue weighted by Gasteiger charge is -2.17. The second kappa shape index (κ2) is 9.04. The zero-order valence-corrected chi connectivity index (χ0v) is 17.3. The molecule has 3 aromatic rings. The summed E-state index contributed by atoms with van der Waals surface area (Å²) in [5, 5.41) is 6.35. The fourth-order valence-corrected chi connectivity index (χ4v) is 3.23. The number of halogens is 3. The van der Waals surface area contributed by atoms with E-state index in [1.165, 1.54) is 6.08 Å². The quantitative estimate of drug-likeness (QED) is 0.494. The first-order valence-electron chi connectivity index (χ1n) is 9.60. The molecular weight excluding hydrogens is 401 g/mol. The molecule has 2 aromatic heterocycles. The van der Waals surface area contributed by atoms with E-state index in [0.29, 0.717) is 40.0 Å². The van der Waals surface area contributed by atoms with Gasteiger partial charge in [-0.1, -0.05) is 25.3 Å². The van der Waals surface area contributed by atoms with Crippen molar-refractivity contribution in [3.05, 3.63) is 96.1 Å². The van der Waals surface area contributed by atoms with Gasteiger partial charge < -0.3 is 10.6 Å². The Labute approximate surface area is 179 Å². The molecule has 0 saturated carbocycles. The van der Waals surface area contributed by atoms with Crippen LogP contribution in [0.2, 0.25) is 0 Å². The molecule has 160 valence electrons. The SMILES string of the molecule is C=C/C(=C\NC)c1cc(C(F)(F)F)c2nc(C(=C)NCc3ccccn3)cc(C)c2c1. The van der Waals surface area contributed by atoms with Crippen LogP contribution in [-0.2, 0) is 12.7 Å². The van der Waals surface area contributed by atoms with E-state index in [4.69, 9.17) is 0 Å². The largest absolute Gasteiger partial charge is 0.418 e. The maximum absolute atomic E-state index is 13.9. The average Bonchev–Trinajstić information content (AvgIpc) is 2.75. The number of allylic oxidation sites excluding steroid dienone is 2. The van der Waals surface area contributed by atoms with Crippen LogP contribution >= 0.6 is 0 Å². The molecule has 7 heteroatoms. The van der Waals surface area contributed by atoms with E-state index in [1.54, 1.807) is 38.5 Å². The van der Waals surface area contributed by atoms with Crippen molar-refractivity contribution >= 4 is 22.2 Å². The number of benzene rings is 1. The van der Waals surface area contributed by atoms with Crippen LogP contribution < -0.4 is 10.6 Å². The molecular formula is C24H23F3N4. The highest BCUT2D eigenvalue weighted by Gasteiger charge is 2.34. The van der Waals surface area contributed by atoms with Crippen LogP contribution in [0.1, 0.15) is 28.1 Å². The number of aromatic nitrogens is 2. The maximum Gasteiger partial charge on any atom is 0.418 e. The molecule has 0 aliphatic heterocycles. The van der Waals surface area contributed by atoms with Crippen LogP contribution in [0.15, 0.2) is 68.0 Å². The standard InChI is InChI=1S/C24H23F3N4/c1-5-17(13-28-4)18-11-20-15(2)10-22(31-23(20)21(12-18)24(25,26)27)16(3)30-14-19-8-6-7-9-29-19/h5-13,28,30H,1,3,14H2,2,4H3/b17-13+. The van der Waals surface area contributed by atoms with Crippen molar-refractivity contribution < 1.29 is 13.2 Å². The predicted molar refractivity (Wildman–Crippen MR) is 119 cm³/mol. The Balaban J connectivity index is 2.08. The zero-order chi connectivity index (χ0) is 22.6. The molecule has 2 N–H and O–H groups in total. The van der Waals surface area contributed by atoms with Crippen LogP contribution in [0.5, 0.6) is 0 Å². The molecule has 2 heterocycles. The zero-order valence-electron chi connectivity index (χ0n) is 17.3. The third-order valence-corrected chi connectivity index (χ3v) is 4.80. The predicted octanol–water partition coefficient (Wildman–Crippen LogP) is 5.46. The van der Waals surface area contributed by atoms with Crippen LogP contribution in [0.3, 0.4) is 0 Å². The smallest absolute Gasteiger partial charge is 0.393 e. The summed E-state index contributed by atoms with van der Waals surface area (Å²) in [4.78, 5) is 8.54. The van der Waals surface area contributed by atoms with E-state index in [1.807, 2.05) is 18.2 Å². The molecule has 0 unspecified atom stereocenters. The van der Waals surface area contributed by atoms with Gasteiger partial charge in [0, 0.05) is 24.8 Å². The van der Waals surface area contributed by atoms with E-state index >= 15 is 0 Å². The molecule has 0 amide bonds. The molecule has 1 aromatic carbocycles. The van der Waals surface area contributed by atoms with Gasteiger partial charge in [-0.25, -0.2) is 4.98 Å². The summed E-state index contributed by atoms with van der Waals surface area (Å²) in [6.07, 6.45) is 0.222. The second-order valence-electron chi connectivity index (χ2n) is 6.99. The van der Waals surface area contributed by atoms with Gasteiger partial charge in [-0.05, 0) is 54.0 Å². The van der Waals surface area contributed by atoms with E-state index < -0.39 is 11.7 Å². The summed E-state index contributed by atoms with van der Waals surface area (Å²) >= 11 is 0. The summed E-state index contributed by atoms with van der Waals surface area (Å²) in [5.74, 6) is 0. The van der Waals surface area contributed by atoms with Crippen molar-refractivity contribution in [1.82, 2.24) is 20.6 Å². The first-order valence-corrected chi connectivity index (χ1v) is 9.60. The normalized spacial score (nSPS) is 12.0. The Kier molecular flexibility index (Phi) is 6.44. The Morgan fingerprint density at radius 1 is 1.19 bits per heavy atom. The van der Waals surface area contributed by atoms with Gasteiger partial charge in [0.2, 0.25) is 0 Å². The van der Waals surface area contributed by atoms with Crippen molar-refractivity contribution in [1.29, 1.82) is 0 Å². The molecule has 0 bridgehead atoms. The minimum absolute atomic E-state index is 0.111. The van der Waals surface area contributed by atoms with Gasteiger partial charge in [-0.2, -0.15) is 13.2 Å². The summed E-state index contributed by atoms with van der Waals surface area (Å²) in [7, 11) is 1.68. The lowest BCUT2D eigenvalue weighted by Crippen LogP contribution is -2.14. The summed E-state index contributed by atoms with van der Waals surface area (Å²) < 4.78 is 41.8.